The van der Waals surface area contributed by atoms with Crippen LogP contribution in [0.4, 0.5) is 0 Å². The van der Waals surface area contributed by atoms with E-state index >= 15 is 0 Å². The van der Waals surface area contributed by atoms with Gasteiger partial charge < -0.3 is 20.3 Å². The van der Waals surface area contributed by atoms with Crippen molar-refractivity contribution in [3.05, 3.63) is 11.1 Å². The predicted molar refractivity (Wildman–Crippen MR) is 218 cm³/mol. The van der Waals surface area contributed by atoms with Crippen LogP contribution < -0.4 is 5.32 Å². The molecular formula is C47H76N2O7. The Morgan fingerprint density at radius 2 is 1.57 bits per heavy atom. The molecule has 5 saturated carbocycles. The van der Waals surface area contributed by atoms with Crippen LogP contribution in [0.2, 0.25) is 0 Å². The summed E-state index contributed by atoms with van der Waals surface area (Å²) in [6.45, 7) is 25.1. The molecule has 0 bridgehead atoms. The summed E-state index contributed by atoms with van der Waals surface area (Å²) < 4.78 is 6.18. The molecule has 316 valence electrons. The first kappa shape index (κ1) is 43.3. The molecule has 0 aliphatic heterocycles. The lowest BCUT2D eigenvalue weighted by Gasteiger charge is -2.72. The number of esters is 1. The van der Waals surface area contributed by atoms with Gasteiger partial charge in [0.15, 0.2) is 5.78 Å². The van der Waals surface area contributed by atoms with Crippen molar-refractivity contribution in [1.29, 1.82) is 0 Å². The van der Waals surface area contributed by atoms with Crippen molar-refractivity contribution >= 4 is 23.6 Å². The Kier molecular flexibility index (Phi) is 11.7. The summed E-state index contributed by atoms with van der Waals surface area (Å²) in [7, 11) is 0. The fourth-order valence-electron chi connectivity index (χ4n) is 14.0. The molecule has 0 aromatic carbocycles. The minimum absolute atomic E-state index is 0.0144. The van der Waals surface area contributed by atoms with Crippen LogP contribution in [0.15, 0.2) is 11.1 Å². The van der Waals surface area contributed by atoms with Gasteiger partial charge in [-0.15, -0.1) is 0 Å². The topological polar surface area (TPSA) is 133 Å². The van der Waals surface area contributed by atoms with Crippen molar-refractivity contribution in [2.75, 3.05) is 19.6 Å². The summed E-state index contributed by atoms with van der Waals surface area (Å²) in [6.07, 6.45) is 10.4. The molecule has 1 amide bonds. The lowest BCUT2D eigenvalue weighted by molar-refractivity contribution is -0.235. The zero-order valence-electron chi connectivity index (χ0n) is 36.8. The Balaban J connectivity index is 1.25. The van der Waals surface area contributed by atoms with Crippen LogP contribution in [-0.2, 0) is 23.9 Å². The number of rotatable bonds is 13. The summed E-state index contributed by atoms with van der Waals surface area (Å²) in [5.41, 5.74) is 0.179. The number of allylic oxidation sites excluding steroid dienone is 1. The van der Waals surface area contributed by atoms with Crippen molar-refractivity contribution in [1.82, 2.24) is 10.2 Å². The molecule has 9 atom stereocenters. The van der Waals surface area contributed by atoms with Crippen molar-refractivity contribution in [2.24, 2.45) is 62.1 Å². The number of carbonyl (C=O) groups excluding carboxylic acids is 3. The smallest absolute Gasteiger partial charge is 0.309 e. The fourth-order valence-corrected chi connectivity index (χ4v) is 14.0. The van der Waals surface area contributed by atoms with Gasteiger partial charge in [-0.25, -0.2) is 0 Å². The molecule has 56 heavy (non-hydrogen) atoms. The number of fused-ring (bicyclic) bond motifs is 7. The van der Waals surface area contributed by atoms with Gasteiger partial charge in [-0.05, 0) is 143 Å². The minimum atomic E-state index is -1.17. The van der Waals surface area contributed by atoms with Crippen molar-refractivity contribution in [3.63, 3.8) is 0 Å². The van der Waals surface area contributed by atoms with Crippen molar-refractivity contribution in [2.45, 2.75) is 178 Å². The van der Waals surface area contributed by atoms with E-state index in [1.807, 2.05) is 0 Å². The van der Waals surface area contributed by atoms with E-state index in [-0.39, 0.29) is 70.3 Å². The van der Waals surface area contributed by atoms with Crippen LogP contribution >= 0.6 is 0 Å². The van der Waals surface area contributed by atoms with Crippen LogP contribution in [-0.4, -0.2) is 76.6 Å². The molecule has 3 N–H and O–H groups in total. The van der Waals surface area contributed by atoms with Gasteiger partial charge in [0.25, 0.3) is 0 Å². The molecule has 0 aromatic heterocycles. The average molecular weight is 781 g/mol. The van der Waals surface area contributed by atoms with E-state index in [1.54, 1.807) is 13.8 Å². The first-order chi connectivity index (χ1) is 25.9. The first-order valence-electron chi connectivity index (χ1n) is 22.3. The SMILES string of the molecule is CC(C)C1=C2[C@H]3CC[C@@H]4[C@@]5(C)CC[C@H](OC(=O)CC(C)(C)C(=O)O)C(C)(C)[C@@H]5CC[C@@]4(C)[C@]3(C)CC[C@@]2(C(O)CN(CC(=O)NCC2CCC2)C(C)C)CC1=O. The van der Waals surface area contributed by atoms with Gasteiger partial charge in [0, 0.05) is 36.4 Å². The van der Waals surface area contributed by atoms with Gasteiger partial charge in [-0.1, -0.05) is 60.5 Å². The number of ether oxygens (including phenoxy) is 1. The second-order valence-electron chi connectivity index (χ2n) is 22.2. The molecule has 1 unspecified atom stereocenters. The largest absolute Gasteiger partial charge is 0.481 e. The van der Waals surface area contributed by atoms with Gasteiger partial charge in [-0.2, -0.15) is 0 Å². The summed E-state index contributed by atoms with van der Waals surface area (Å²) in [6, 6.07) is 0.0724. The predicted octanol–water partition coefficient (Wildman–Crippen LogP) is 8.37. The highest BCUT2D eigenvalue weighted by atomic mass is 16.5. The van der Waals surface area contributed by atoms with E-state index in [9.17, 15) is 29.4 Å². The Morgan fingerprint density at radius 3 is 2.16 bits per heavy atom. The lowest BCUT2D eigenvalue weighted by atomic mass is 9.33. The van der Waals surface area contributed by atoms with E-state index in [2.05, 4.69) is 72.5 Å². The van der Waals surface area contributed by atoms with Crippen LogP contribution in [0.3, 0.4) is 0 Å². The second kappa shape index (κ2) is 15.1. The zero-order chi connectivity index (χ0) is 41.4. The molecule has 0 radical (unpaired) electrons. The monoisotopic (exact) mass is 781 g/mol. The quantitative estimate of drug-likeness (QED) is 0.159. The highest BCUT2D eigenvalue weighted by Crippen LogP contribution is 2.77. The molecule has 5 fully saturated rings. The molecule has 0 saturated heterocycles. The number of ketones is 1. The highest BCUT2D eigenvalue weighted by Gasteiger charge is 2.71. The Hall–Kier alpha value is -2.26. The van der Waals surface area contributed by atoms with Gasteiger partial charge >= 0.3 is 11.9 Å². The third-order valence-electron chi connectivity index (χ3n) is 17.8. The Bertz CT molecular complexity index is 1590. The molecule has 0 spiro atoms. The van der Waals surface area contributed by atoms with Gasteiger partial charge in [0.2, 0.25) is 5.91 Å². The molecule has 6 rings (SSSR count). The molecule has 9 nitrogen and oxygen atoms in total. The number of carboxylic acids is 1. The van der Waals surface area contributed by atoms with Gasteiger partial charge in [0.05, 0.1) is 24.5 Å². The third kappa shape index (κ3) is 7.02. The molecule has 9 heteroatoms. The fraction of sp³-hybridized carbons (Fsp3) is 0.872. The van der Waals surface area contributed by atoms with E-state index in [4.69, 9.17) is 4.74 Å². The molecule has 6 aliphatic rings. The summed E-state index contributed by atoms with van der Waals surface area (Å²) in [4.78, 5) is 54.4. The van der Waals surface area contributed by atoms with Gasteiger partial charge in [-0.3, -0.25) is 24.1 Å². The molecular weight excluding hydrogens is 705 g/mol. The number of nitrogens with zero attached hydrogens (tertiary/aromatic N) is 1. The number of hydrogen-bond donors (Lipinski definition) is 3. The number of aliphatic carboxylic acids is 1. The number of nitrogens with one attached hydrogen (secondary N) is 1. The Morgan fingerprint density at radius 1 is 0.893 bits per heavy atom. The maximum Gasteiger partial charge on any atom is 0.309 e. The van der Waals surface area contributed by atoms with Gasteiger partial charge in [0.1, 0.15) is 6.10 Å². The van der Waals surface area contributed by atoms with E-state index in [0.29, 0.717) is 30.7 Å². The average Bonchev–Trinajstić information content (AvgIpc) is 3.38. The maximum absolute atomic E-state index is 14.2. The number of amides is 1. The minimum Gasteiger partial charge on any atom is -0.481 e. The zero-order valence-corrected chi connectivity index (χ0v) is 36.8. The molecule has 0 aromatic rings. The summed E-state index contributed by atoms with van der Waals surface area (Å²) >= 11 is 0. The molecule has 6 aliphatic carbocycles. The number of carbonyl (C=O) groups is 4. The Labute approximate surface area is 337 Å². The number of Topliss-reactive ketones (excluding diaryl/α,β-unsaturated/α-hetero) is 1. The van der Waals surface area contributed by atoms with Crippen molar-refractivity contribution < 1.29 is 34.1 Å². The number of aliphatic hydroxyl groups excluding tert-OH is 1. The standard InChI is InChI=1S/C47H76N2O7/c1-28(2)39-32(50)23-47(35(51)26-49(29(3)4)27-37(52)48-25-30-13-12-14-30)22-21-45(10)31(40(39)47)15-16-34-44(9)19-18-36(56-38(53)24-42(5,6)41(54)55)43(7,8)33(44)17-20-46(34,45)11/h28-31,33-36,51H,12-27H2,1-11H3,(H,48,52)(H,54,55)/t31-,33+,34-,35?,36+,44+,45-,46-,47+/m1/s1. The third-order valence-corrected chi connectivity index (χ3v) is 17.8. The van der Waals surface area contributed by atoms with E-state index in [1.165, 1.54) is 24.8 Å². The van der Waals surface area contributed by atoms with Crippen LogP contribution in [0.25, 0.3) is 0 Å². The van der Waals surface area contributed by atoms with Crippen LogP contribution in [0.1, 0.15) is 160 Å². The number of carboxylic acid groups (broad SMARTS) is 1. The van der Waals surface area contributed by atoms with Crippen LogP contribution in [0.5, 0.6) is 0 Å². The first-order valence-corrected chi connectivity index (χ1v) is 22.3. The lowest BCUT2D eigenvalue weighted by Crippen LogP contribution is -2.66. The van der Waals surface area contributed by atoms with Crippen molar-refractivity contribution in [3.8, 4) is 0 Å². The van der Waals surface area contributed by atoms with Crippen LogP contribution in [0, 0.1) is 62.1 Å². The normalized spacial score (nSPS) is 37.4. The highest BCUT2D eigenvalue weighted by molar-refractivity contribution is 6.00. The second-order valence-corrected chi connectivity index (χ2v) is 22.2. The van der Waals surface area contributed by atoms with E-state index < -0.39 is 28.9 Å². The summed E-state index contributed by atoms with van der Waals surface area (Å²) in [5, 5.41) is 25.3. The molecule has 0 heterocycles. The maximum atomic E-state index is 14.2. The van der Waals surface area contributed by atoms with E-state index in [0.717, 1.165) is 63.5 Å². The summed E-state index contributed by atoms with van der Waals surface area (Å²) in [5.74, 6) is 0.479. The number of hydrogen-bond acceptors (Lipinski definition) is 7. The number of aliphatic hydroxyl groups is 1.